The molecule has 0 radical (unpaired) electrons. The van der Waals surface area contributed by atoms with Gasteiger partial charge in [0.2, 0.25) is 0 Å². The van der Waals surface area contributed by atoms with Crippen LogP contribution in [0.4, 0.5) is 0 Å². The lowest BCUT2D eigenvalue weighted by atomic mass is 10.1. The molecule has 1 aromatic carbocycles. The van der Waals surface area contributed by atoms with Crippen molar-refractivity contribution in [3.63, 3.8) is 0 Å². The lowest BCUT2D eigenvalue weighted by molar-refractivity contribution is 0.0696. The quantitative estimate of drug-likeness (QED) is 0.650. The van der Waals surface area contributed by atoms with Crippen LogP contribution in [0.3, 0.4) is 0 Å². The predicted octanol–water partition coefficient (Wildman–Crippen LogP) is 1.54. The lowest BCUT2D eigenvalue weighted by Gasteiger charge is -1.98. The van der Waals surface area contributed by atoms with E-state index in [0.717, 1.165) is 0 Å². The smallest absolute Gasteiger partial charge is 0.335 e. The third-order valence-corrected chi connectivity index (χ3v) is 2.43. The van der Waals surface area contributed by atoms with Gasteiger partial charge >= 0.3 is 5.97 Å². The first-order valence-corrected chi connectivity index (χ1v) is 5.74. The number of hydrazone groups is 1. The highest BCUT2D eigenvalue weighted by molar-refractivity contribution is 5.93. The molecular formula is C14H11N3O3. The number of carboxylic acid groups (broad SMARTS) is 1. The van der Waals surface area contributed by atoms with E-state index in [1.165, 1.54) is 24.5 Å². The van der Waals surface area contributed by atoms with E-state index in [0.29, 0.717) is 5.56 Å². The van der Waals surface area contributed by atoms with Gasteiger partial charge in [0.25, 0.3) is 5.91 Å². The average molecular weight is 269 g/mol. The third-order valence-electron chi connectivity index (χ3n) is 2.43. The van der Waals surface area contributed by atoms with Crippen LogP contribution in [0.1, 0.15) is 26.4 Å². The van der Waals surface area contributed by atoms with Gasteiger partial charge in [-0.05, 0) is 29.8 Å². The number of carbonyl (C=O) groups excluding carboxylic acids is 1. The fraction of sp³-hybridized carbons (Fsp3) is 0. The number of amides is 1. The molecule has 6 nitrogen and oxygen atoms in total. The summed E-state index contributed by atoms with van der Waals surface area (Å²) in [6, 6.07) is 11.1. The Morgan fingerprint density at radius 2 is 1.90 bits per heavy atom. The number of aromatic carboxylic acids is 1. The molecule has 0 aliphatic rings. The van der Waals surface area contributed by atoms with E-state index >= 15 is 0 Å². The third kappa shape index (κ3) is 3.49. The number of carbonyl (C=O) groups is 2. The minimum Gasteiger partial charge on any atom is -0.478 e. The van der Waals surface area contributed by atoms with Crippen molar-refractivity contribution in [1.29, 1.82) is 0 Å². The molecule has 0 fully saturated rings. The van der Waals surface area contributed by atoms with E-state index < -0.39 is 11.9 Å². The number of pyridine rings is 1. The standard InChI is InChI=1S/C14H11N3O3/c18-13(12-3-1-2-8-15-12)17-16-9-10-4-6-11(7-5-10)14(19)20/h1-9H,(H,17,18)(H,19,20)/b16-9-. The Hall–Kier alpha value is -3.02. The Bertz CT molecular complexity index is 636. The second-order valence-corrected chi connectivity index (χ2v) is 3.84. The summed E-state index contributed by atoms with van der Waals surface area (Å²) in [5, 5.41) is 12.5. The highest BCUT2D eigenvalue weighted by Gasteiger charge is 2.03. The predicted molar refractivity (Wildman–Crippen MR) is 72.7 cm³/mol. The molecule has 100 valence electrons. The molecule has 1 aromatic heterocycles. The molecule has 20 heavy (non-hydrogen) atoms. The van der Waals surface area contributed by atoms with Crippen LogP contribution in [0.2, 0.25) is 0 Å². The van der Waals surface area contributed by atoms with E-state index in [9.17, 15) is 9.59 Å². The van der Waals surface area contributed by atoms with Gasteiger partial charge in [-0.3, -0.25) is 9.78 Å². The van der Waals surface area contributed by atoms with Crippen molar-refractivity contribution >= 4 is 18.1 Å². The van der Waals surface area contributed by atoms with Gasteiger partial charge in [-0.1, -0.05) is 18.2 Å². The van der Waals surface area contributed by atoms with Crippen molar-refractivity contribution in [3.05, 3.63) is 65.5 Å². The van der Waals surface area contributed by atoms with Gasteiger partial charge in [0, 0.05) is 6.20 Å². The zero-order chi connectivity index (χ0) is 14.4. The number of hydrogen-bond donors (Lipinski definition) is 2. The fourth-order valence-electron chi connectivity index (χ4n) is 1.43. The van der Waals surface area contributed by atoms with Crippen LogP contribution in [-0.2, 0) is 0 Å². The largest absolute Gasteiger partial charge is 0.478 e. The number of carboxylic acids is 1. The van der Waals surface area contributed by atoms with E-state index in [1.54, 1.807) is 30.3 Å². The maximum Gasteiger partial charge on any atom is 0.335 e. The van der Waals surface area contributed by atoms with Crippen LogP contribution in [0.15, 0.2) is 53.8 Å². The molecule has 0 spiro atoms. The number of nitrogens with one attached hydrogen (secondary N) is 1. The number of aromatic nitrogens is 1. The van der Waals surface area contributed by atoms with Gasteiger partial charge in [0.15, 0.2) is 0 Å². The Kier molecular flexibility index (Phi) is 4.18. The molecular weight excluding hydrogens is 258 g/mol. The van der Waals surface area contributed by atoms with Crippen LogP contribution in [0, 0.1) is 0 Å². The maximum atomic E-state index is 11.6. The molecule has 0 unspecified atom stereocenters. The summed E-state index contributed by atoms with van der Waals surface area (Å²) in [5.74, 6) is -1.40. The van der Waals surface area contributed by atoms with Gasteiger partial charge < -0.3 is 5.11 Å². The number of benzene rings is 1. The van der Waals surface area contributed by atoms with Crippen molar-refractivity contribution in [2.75, 3.05) is 0 Å². The Morgan fingerprint density at radius 3 is 2.50 bits per heavy atom. The van der Waals surface area contributed by atoms with Crippen molar-refractivity contribution in [2.45, 2.75) is 0 Å². The topological polar surface area (TPSA) is 91.6 Å². The number of nitrogens with zero attached hydrogens (tertiary/aromatic N) is 2. The van der Waals surface area contributed by atoms with Crippen LogP contribution >= 0.6 is 0 Å². The second-order valence-electron chi connectivity index (χ2n) is 3.84. The van der Waals surface area contributed by atoms with E-state index in [-0.39, 0.29) is 11.3 Å². The van der Waals surface area contributed by atoms with Gasteiger partial charge in [0.05, 0.1) is 11.8 Å². The first-order valence-electron chi connectivity index (χ1n) is 5.74. The Labute approximate surface area is 114 Å². The summed E-state index contributed by atoms with van der Waals surface area (Å²) < 4.78 is 0. The van der Waals surface area contributed by atoms with Gasteiger partial charge in [0.1, 0.15) is 5.69 Å². The van der Waals surface area contributed by atoms with E-state index in [1.807, 2.05) is 0 Å². The SMILES string of the molecule is O=C(O)c1ccc(/C=N\NC(=O)c2ccccn2)cc1. The summed E-state index contributed by atoms with van der Waals surface area (Å²) in [4.78, 5) is 26.2. The number of rotatable bonds is 4. The van der Waals surface area contributed by atoms with E-state index in [2.05, 4.69) is 15.5 Å². The molecule has 0 atom stereocenters. The first kappa shape index (κ1) is 13.4. The van der Waals surface area contributed by atoms with Gasteiger partial charge in [-0.15, -0.1) is 0 Å². The van der Waals surface area contributed by atoms with Crippen LogP contribution in [0.5, 0.6) is 0 Å². The lowest BCUT2D eigenvalue weighted by Crippen LogP contribution is -2.18. The van der Waals surface area contributed by atoms with Crippen molar-refractivity contribution in [3.8, 4) is 0 Å². The summed E-state index contributed by atoms with van der Waals surface area (Å²) in [5.41, 5.74) is 3.48. The number of hydrogen-bond acceptors (Lipinski definition) is 4. The van der Waals surface area contributed by atoms with Crippen LogP contribution in [-0.4, -0.2) is 28.2 Å². The highest BCUT2D eigenvalue weighted by Crippen LogP contribution is 2.02. The summed E-state index contributed by atoms with van der Waals surface area (Å²) >= 11 is 0. The average Bonchev–Trinajstić information content (AvgIpc) is 2.48. The molecule has 2 aromatic rings. The van der Waals surface area contributed by atoms with Gasteiger partial charge in [-0.25, -0.2) is 10.2 Å². The molecule has 2 N–H and O–H groups in total. The Morgan fingerprint density at radius 1 is 1.15 bits per heavy atom. The zero-order valence-electron chi connectivity index (χ0n) is 10.4. The molecule has 6 heteroatoms. The normalized spacial score (nSPS) is 10.4. The molecule has 0 bridgehead atoms. The molecule has 0 aliphatic carbocycles. The molecule has 1 amide bonds. The van der Waals surface area contributed by atoms with Crippen molar-refractivity contribution in [2.24, 2.45) is 5.10 Å². The monoisotopic (exact) mass is 269 g/mol. The van der Waals surface area contributed by atoms with Crippen molar-refractivity contribution < 1.29 is 14.7 Å². The molecule has 0 aliphatic heterocycles. The van der Waals surface area contributed by atoms with Gasteiger partial charge in [-0.2, -0.15) is 5.10 Å². The summed E-state index contributed by atoms with van der Waals surface area (Å²) in [7, 11) is 0. The molecule has 2 rings (SSSR count). The molecule has 1 heterocycles. The van der Waals surface area contributed by atoms with Crippen LogP contribution in [0.25, 0.3) is 0 Å². The second kappa shape index (κ2) is 6.24. The Balaban J connectivity index is 1.96. The summed E-state index contributed by atoms with van der Waals surface area (Å²) in [6.07, 6.45) is 2.94. The fourth-order valence-corrected chi connectivity index (χ4v) is 1.43. The summed E-state index contributed by atoms with van der Waals surface area (Å²) in [6.45, 7) is 0. The van der Waals surface area contributed by atoms with Crippen molar-refractivity contribution in [1.82, 2.24) is 10.4 Å². The van der Waals surface area contributed by atoms with Crippen LogP contribution < -0.4 is 5.43 Å². The maximum absolute atomic E-state index is 11.6. The molecule has 0 saturated carbocycles. The highest BCUT2D eigenvalue weighted by atomic mass is 16.4. The molecule has 0 saturated heterocycles. The minimum atomic E-state index is -0.989. The van der Waals surface area contributed by atoms with E-state index in [4.69, 9.17) is 5.11 Å². The first-order chi connectivity index (χ1) is 9.66. The zero-order valence-corrected chi connectivity index (χ0v) is 10.4. The minimum absolute atomic E-state index is 0.194.